The highest BCUT2D eigenvalue weighted by atomic mass is 32.2. The van der Waals surface area contributed by atoms with Crippen LogP contribution in [0.5, 0.6) is 0 Å². The lowest BCUT2D eigenvalue weighted by Crippen LogP contribution is -2.14. The highest BCUT2D eigenvalue weighted by Gasteiger charge is 2.42. The van der Waals surface area contributed by atoms with E-state index in [1.807, 2.05) is 0 Å². The predicted molar refractivity (Wildman–Crippen MR) is 216 cm³/mol. The molecule has 0 amide bonds. The quantitative estimate of drug-likeness (QED) is 0.0491. The van der Waals surface area contributed by atoms with E-state index in [4.69, 9.17) is 0 Å². The number of hydrogen-bond donors (Lipinski definition) is 2. The maximum Gasteiger partial charge on any atom is 0.0172 e. The third kappa shape index (κ3) is 18.3. The van der Waals surface area contributed by atoms with Crippen molar-refractivity contribution >= 4 is 37.0 Å². The van der Waals surface area contributed by atoms with E-state index < -0.39 is 0 Å². The molecule has 0 N–H and O–H groups in total. The van der Waals surface area contributed by atoms with Crippen molar-refractivity contribution in [3.63, 3.8) is 0 Å². The summed E-state index contributed by atoms with van der Waals surface area (Å²) in [5.41, 5.74) is 0. The van der Waals surface area contributed by atoms with Crippen LogP contribution in [0.15, 0.2) is 0 Å². The first-order chi connectivity index (χ1) is 22.7. The normalized spacial score (nSPS) is 30.3. The smallest absolute Gasteiger partial charge is 0.0172 e. The maximum absolute atomic E-state index is 4.68. The van der Waals surface area contributed by atoms with Crippen LogP contribution in [-0.4, -0.2) is 21.0 Å². The Morgan fingerprint density at radius 1 is 0.370 bits per heavy atom. The van der Waals surface area contributed by atoms with Crippen molar-refractivity contribution in [1.29, 1.82) is 0 Å². The lowest BCUT2D eigenvalue weighted by atomic mass is 9.85. The SMILES string of the molecule is SC1CCC(CCCCCCCCC(CCCCCCCCC2CCC(S)CC2)CCCCCCCCC2CCC3SC3C2)CC1. The first-order valence-electron chi connectivity index (χ1n) is 21.7. The minimum Gasteiger partial charge on any atom is -0.176 e. The summed E-state index contributed by atoms with van der Waals surface area (Å²) in [6.07, 6.45) is 52.0. The van der Waals surface area contributed by atoms with Crippen molar-refractivity contribution in [1.82, 2.24) is 0 Å². The minimum absolute atomic E-state index is 0.702. The van der Waals surface area contributed by atoms with E-state index in [0.717, 1.165) is 34.2 Å². The van der Waals surface area contributed by atoms with E-state index in [2.05, 4.69) is 37.0 Å². The molecule has 0 radical (unpaired) electrons. The van der Waals surface area contributed by atoms with E-state index in [1.54, 1.807) is 19.3 Å². The highest BCUT2D eigenvalue weighted by molar-refractivity contribution is 8.07. The molecule has 3 atom stereocenters. The van der Waals surface area contributed by atoms with E-state index in [-0.39, 0.29) is 0 Å². The Bertz CT molecular complexity index is 671. The van der Waals surface area contributed by atoms with Gasteiger partial charge in [-0.05, 0) is 94.3 Å². The third-order valence-electron chi connectivity index (χ3n) is 13.2. The van der Waals surface area contributed by atoms with Gasteiger partial charge in [0.25, 0.3) is 0 Å². The molecule has 270 valence electrons. The van der Waals surface area contributed by atoms with Crippen molar-refractivity contribution < 1.29 is 0 Å². The standard InChI is InChI=1S/C43H80S3/c44-40-30-25-37(26-31-40)22-16-10-3-1-7-13-19-36(20-14-8-2-4-11-17-23-38-27-32-41(45)33-28-38)21-15-9-5-6-12-18-24-39-29-34-42-43(35-39)46-42/h36-45H,1-35H2. The number of unbranched alkanes of at least 4 members (excludes halogenated alkanes) is 15. The van der Waals surface area contributed by atoms with Crippen LogP contribution in [0.1, 0.15) is 225 Å². The average molecular weight is 693 g/mol. The number of hydrogen-bond acceptors (Lipinski definition) is 3. The molecule has 4 aliphatic rings. The Balaban J connectivity index is 0.978. The summed E-state index contributed by atoms with van der Waals surface area (Å²) in [4.78, 5) is 0. The topological polar surface area (TPSA) is 0 Å². The number of thiol groups is 2. The third-order valence-corrected chi connectivity index (χ3v) is 15.7. The molecule has 3 unspecified atom stereocenters. The fourth-order valence-corrected chi connectivity index (χ4v) is 11.6. The molecule has 0 nitrogen and oxygen atoms in total. The van der Waals surface area contributed by atoms with Gasteiger partial charge >= 0.3 is 0 Å². The molecule has 0 spiro atoms. The van der Waals surface area contributed by atoms with Gasteiger partial charge in [0.15, 0.2) is 0 Å². The fourth-order valence-electron chi connectivity index (χ4n) is 9.77. The molecule has 46 heavy (non-hydrogen) atoms. The van der Waals surface area contributed by atoms with Gasteiger partial charge in [-0.3, -0.25) is 0 Å². The molecule has 3 saturated carbocycles. The largest absolute Gasteiger partial charge is 0.176 e. The van der Waals surface area contributed by atoms with Gasteiger partial charge in [-0.25, -0.2) is 0 Å². The Morgan fingerprint density at radius 3 is 1.13 bits per heavy atom. The van der Waals surface area contributed by atoms with Crippen LogP contribution < -0.4 is 0 Å². The zero-order valence-corrected chi connectivity index (χ0v) is 33.3. The van der Waals surface area contributed by atoms with Gasteiger partial charge in [0.05, 0.1) is 0 Å². The van der Waals surface area contributed by atoms with Gasteiger partial charge in [-0.2, -0.15) is 37.0 Å². The molecular formula is C43H80S3. The first kappa shape index (κ1) is 39.8. The number of thioether (sulfide) groups is 1. The monoisotopic (exact) mass is 693 g/mol. The zero-order valence-electron chi connectivity index (χ0n) is 30.7. The lowest BCUT2D eigenvalue weighted by molar-refractivity contribution is 0.332. The molecule has 3 aliphatic carbocycles. The van der Waals surface area contributed by atoms with Gasteiger partial charge in [-0.15, -0.1) is 0 Å². The van der Waals surface area contributed by atoms with Crippen LogP contribution in [0.3, 0.4) is 0 Å². The van der Waals surface area contributed by atoms with Crippen molar-refractivity contribution in [3.05, 3.63) is 0 Å². The molecule has 4 rings (SSSR count). The average Bonchev–Trinajstić information content (AvgIpc) is 3.85. The Labute approximate surface area is 304 Å². The second-order valence-electron chi connectivity index (χ2n) is 17.2. The zero-order chi connectivity index (χ0) is 32.1. The number of fused-ring (bicyclic) bond motifs is 1. The Kier molecular flexibility index (Phi) is 21.7. The summed E-state index contributed by atoms with van der Waals surface area (Å²) < 4.78 is 0. The van der Waals surface area contributed by atoms with E-state index in [9.17, 15) is 0 Å². The van der Waals surface area contributed by atoms with Gasteiger partial charge < -0.3 is 0 Å². The van der Waals surface area contributed by atoms with Crippen LogP contribution in [0.4, 0.5) is 0 Å². The first-order valence-corrected chi connectivity index (χ1v) is 23.6. The van der Waals surface area contributed by atoms with Crippen LogP contribution in [0, 0.1) is 23.7 Å². The summed E-state index contributed by atoms with van der Waals surface area (Å²) in [6, 6.07) is 0. The summed E-state index contributed by atoms with van der Waals surface area (Å²) in [6.45, 7) is 0. The van der Waals surface area contributed by atoms with Gasteiger partial charge in [0, 0.05) is 21.0 Å². The molecule has 1 heterocycles. The lowest BCUT2D eigenvalue weighted by Gasteiger charge is -2.25. The van der Waals surface area contributed by atoms with Crippen molar-refractivity contribution in [2.75, 3.05) is 0 Å². The molecule has 0 aromatic carbocycles. The van der Waals surface area contributed by atoms with Crippen LogP contribution in [0.2, 0.25) is 0 Å². The molecule has 0 aromatic rings. The predicted octanol–water partition coefficient (Wildman–Crippen LogP) is 15.2. The van der Waals surface area contributed by atoms with Crippen LogP contribution in [0.25, 0.3) is 0 Å². The highest BCUT2D eigenvalue weighted by Crippen LogP contribution is 2.53. The Morgan fingerprint density at radius 2 is 0.717 bits per heavy atom. The van der Waals surface area contributed by atoms with Gasteiger partial charge in [0.2, 0.25) is 0 Å². The molecule has 0 bridgehead atoms. The summed E-state index contributed by atoms with van der Waals surface area (Å²) in [5.74, 6) is 4.17. The molecule has 0 aromatic heterocycles. The number of rotatable bonds is 27. The molecular weight excluding hydrogens is 613 g/mol. The van der Waals surface area contributed by atoms with Crippen molar-refractivity contribution in [2.45, 2.75) is 246 Å². The summed E-state index contributed by atoms with van der Waals surface area (Å²) >= 11 is 11.7. The van der Waals surface area contributed by atoms with E-state index in [1.165, 1.54) is 205 Å². The van der Waals surface area contributed by atoms with Crippen molar-refractivity contribution in [2.24, 2.45) is 23.7 Å². The summed E-state index contributed by atoms with van der Waals surface area (Å²) in [5, 5.41) is 3.58. The maximum atomic E-state index is 4.68. The van der Waals surface area contributed by atoms with Gasteiger partial charge in [-0.1, -0.05) is 154 Å². The second-order valence-corrected chi connectivity index (χ2v) is 20.1. The molecule has 1 aliphatic heterocycles. The fraction of sp³-hybridized carbons (Fsp3) is 1.00. The van der Waals surface area contributed by atoms with E-state index in [0.29, 0.717) is 10.5 Å². The molecule has 4 fully saturated rings. The van der Waals surface area contributed by atoms with Crippen molar-refractivity contribution in [3.8, 4) is 0 Å². The molecule has 1 saturated heterocycles. The second kappa shape index (κ2) is 25.1. The van der Waals surface area contributed by atoms with Crippen LogP contribution in [-0.2, 0) is 0 Å². The van der Waals surface area contributed by atoms with E-state index >= 15 is 0 Å². The Hall–Kier alpha value is 1.05. The summed E-state index contributed by atoms with van der Waals surface area (Å²) in [7, 11) is 0. The van der Waals surface area contributed by atoms with Crippen LogP contribution >= 0.6 is 37.0 Å². The minimum atomic E-state index is 0.702. The molecule has 3 heteroatoms. The van der Waals surface area contributed by atoms with Gasteiger partial charge in [0.1, 0.15) is 0 Å².